The van der Waals surface area contributed by atoms with E-state index in [4.69, 9.17) is 0 Å². The predicted octanol–water partition coefficient (Wildman–Crippen LogP) is -2.20. The van der Waals surface area contributed by atoms with Crippen molar-refractivity contribution < 1.29 is 51.0 Å². The van der Waals surface area contributed by atoms with Gasteiger partial charge in [-0.15, -0.1) is 0 Å². The van der Waals surface area contributed by atoms with Gasteiger partial charge in [-0.05, 0) is 35.2 Å². The van der Waals surface area contributed by atoms with Crippen molar-refractivity contribution in [1.82, 2.24) is 0 Å². The normalized spacial score (nSPS) is 11.7. The number of halogens is 2. The van der Waals surface area contributed by atoms with Crippen LogP contribution in [0, 0.1) is 0 Å². The Kier molecular flexibility index (Phi) is 6.70. The Balaban J connectivity index is 0.000000853. The molecule has 3 heteroatoms. The summed E-state index contributed by atoms with van der Waals surface area (Å²) < 4.78 is 0. The topological polar surface area (TPSA) is 0 Å². The van der Waals surface area contributed by atoms with E-state index in [-0.39, 0.29) is 51.0 Å². The molecular weight excluding hydrogens is 330 g/mol. The summed E-state index contributed by atoms with van der Waals surface area (Å²) in [5, 5.41) is 2.77. The van der Waals surface area contributed by atoms with Crippen LogP contribution in [0.15, 0.2) is 42.0 Å². The molecule has 0 aliphatic heterocycles. The van der Waals surface area contributed by atoms with Gasteiger partial charge in [-0.25, -0.2) is 0 Å². The fourth-order valence-corrected chi connectivity index (χ4v) is 2.28. The van der Waals surface area contributed by atoms with Crippen molar-refractivity contribution in [3.8, 4) is 0 Å². The Morgan fingerprint density at radius 3 is 2.41 bits per heavy atom. The molecule has 0 saturated carbocycles. The van der Waals surface area contributed by atoms with E-state index in [1.54, 1.807) is 0 Å². The molecule has 2 aromatic carbocycles. The van der Waals surface area contributed by atoms with Crippen LogP contribution in [0.5, 0.6) is 0 Å². The van der Waals surface area contributed by atoms with Crippen LogP contribution in [0.1, 0.15) is 18.1 Å². The van der Waals surface area contributed by atoms with Crippen LogP contribution >= 0.6 is 0 Å². The minimum atomic E-state index is 0. The first-order valence-corrected chi connectivity index (χ1v) is 5.02. The second-order valence-corrected chi connectivity index (χ2v) is 4.02. The first-order chi connectivity index (χ1) is 6.84. The molecule has 0 spiro atoms. The molecule has 3 rings (SSSR count). The molecule has 0 saturated heterocycles. The van der Waals surface area contributed by atoms with Gasteiger partial charge in [0.15, 0.2) is 0 Å². The second kappa shape index (κ2) is 6.73. The van der Waals surface area contributed by atoms with Gasteiger partial charge in [-0.2, -0.15) is 0 Å². The number of hydrogen-bond acceptors (Lipinski definition) is 0. The van der Waals surface area contributed by atoms with Crippen LogP contribution in [-0.4, -0.2) is 0 Å². The molecule has 0 aromatic heterocycles. The third-order valence-electron chi connectivity index (χ3n) is 2.93. The maximum atomic E-state index is 2.29. The molecule has 86 valence electrons. The summed E-state index contributed by atoms with van der Waals surface area (Å²) in [4.78, 5) is 0. The zero-order valence-corrected chi connectivity index (χ0v) is 13.5. The van der Waals surface area contributed by atoms with Gasteiger partial charge in [-0.1, -0.05) is 48.0 Å². The fraction of sp³-hybridized carbons (Fsp3) is 0.143. The third kappa shape index (κ3) is 3.02. The summed E-state index contributed by atoms with van der Waals surface area (Å²) >= 11 is 0. The molecule has 0 unspecified atom stereocenters. The second-order valence-electron chi connectivity index (χ2n) is 4.02. The SMILES string of the molecule is CC1=Cc2ccc3ccccc3c2C1.[Cl-].[Cl-].[Zr+2]. The summed E-state index contributed by atoms with van der Waals surface area (Å²) in [6.07, 6.45) is 3.42. The van der Waals surface area contributed by atoms with Crippen LogP contribution in [0.25, 0.3) is 16.8 Å². The summed E-state index contributed by atoms with van der Waals surface area (Å²) in [6, 6.07) is 13.1. The first kappa shape index (κ1) is 16.9. The minimum absolute atomic E-state index is 0. The van der Waals surface area contributed by atoms with Gasteiger partial charge in [-0.3, -0.25) is 0 Å². The molecule has 0 nitrogen and oxygen atoms in total. The van der Waals surface area contributed by atoms with E-state index < -0.39 is 0 Å². The molecular formula is C14H12Cl2Zr. The molecule has 0 bridgehead atoms. The van der Waals surface area contributed by atoms with Crippen LogP contribution in [0.2, 0.25) is 0 Å². The predicted molar refractivity (Wildman–Crippen MR) is 61.3 cm³/mol. The van der Waals surface area contributed by atoms with Gasteiger partial charge < -0.3 is 24.8 Å². The van der Waals surface area contributed by atoms with E-state index in [2.05, 4.69) is 49.4 Å². The molecule has 2 aromatic rings. The standard InChI is InChI=1S/C14H12.2ClH.Zr/c1-10-8-12-7-6-11-4-2-3-5-13(11)14(12)9-10;;;/h2-8H,9H2,1H3;2*1H;/q;;;+2/p-2. The summed E-state index contributed by atoms with van der Waals surface area (Å²) in [5.74, 6) is 0. The van der Waals surface area contributed by atoms with Crippen molar-refractivity contribution in [3.63, 3.8) is 0 Å². The Hall–Kier alpha value is -0.0969. The Morgan fingerprint density at radius 2 is 1.65 bits per heavy atom. The quantitative estimate of drug-likeness (QED) is 0.510. The molecule has 1 aliphatic carbocycles. The van der Waals surface area contributed by atoms with Crippen molar-refractivity contribution in [2.75, 3.05) is 0 Å². The average molecular weight is 342 g/mol. The number of benzene rings is 2. The maximum absolute atomic E-state index is 2.29. The van der Waals surface area contributed by atoms with E-state index in [0.717, 1.165) is 6.42 Å². The third-order valence-corrected chi connectivity index (χ3v) is 2.93. The van der Waals surface area contributed by atoms with Gasteiger partial charge in [0.1, 0.15) is 0 Å². The molecule has 17 heavy (non-hydrogen) atoms. The molecule has 0 heterocycles. The van der Waals surface area contributed by atoms with Gasteiger partial charge in [0.2, 0.25) is 0 Å². The van der Waals surface area contributed by atoms with E-state index in [1.165, 1.54) is 27.5 Å². The van der Waals surface area contributed by atoms with E-state index in [9.17, 15) is 0 Å². The smallest absolute Gasteiger partial charge is 1.00 e. The minimum Gasteiger partial charge on any atom is -1.00 e. The van der Waals surface area contributed by atoms with E-state index in [0.29, 0.717) is 0 Å². The molecule has 0 amide bonds. The van der Waals surface area contributed by atoms with Crippen molar-refractivity contribution in [3.05, 3.63) is 53.1 Å². The summed E-state index contributed by atoms with van der Waals surface area (Å²) in [5.41, 5.74) is 4.37. The molecule has 0 radical (unpaired) electrons. The van der Waals surface area contributed by atoms with Crippen LogP contribution < -0.4 is 24.8 Å². The first-order valence-electron chi connectivity index (χ1n) is 5.02. The fourth-order valence-electron chi connectivity index (χ4n) is 2.28. The number of rotatable bonds is 0. The molecule has 1 aliphatic rings. The van der Waals surface area contributed by atoms with Crippen molar-refractivity contribution in [1.29, 1.82) is 0 Å². The van der Waals surface area contributed by atoms with Crippen LogP contribution in [0.3, 0.4) is 0 Å². The summed E-state index contributed by atoms with van der Waals surface area (Å²) in [7, 11) is 0. The maximum Gasteiger partial charge on any atom is 2.00 e. The largest absolute Gasteiger partial charge is 2.00 e. The van der Waals surface area contributed by atoms with Crippen molar-refractivity contribution in [2.24, 2.45) is 0 Å². The monoisotopic (exact) mass is 340 g/mol. The van der Waals surface area contributed by atoms with Gasteiger partial charge in [0.05, 0.1) is 0 Å². The Morgan fingerprint density at radius 1 is 0.941 bits per heavy atom. The molecule has 0 fully saturated rings. The van der Waals surface area contributed by atoms with Gasteiger partial charge in [0.25, 0.3) is 0 Å². The number of hydrogen-bond donors (Lipinski definition) is 0. The zero-order chi connectivity index (χ0) is 9.54. The number of allylic oxidation sites excluding steroid dienone is 1. The number of fused-ring (bicyclic) bond motifs is 3. The van der Waals surface area contributed by atoms with Crippen molar-refractivity contribution in [2.45, 2.75) is 13.3 Å². The van der Waals surface area contributed by atoms with Gasteiger partial charge >= 0.3 is 26.2 Å². The molecule has 0 N–H and O–H groups in total. The van der Waals surface area contributed by atoms with E-state index >= 15 is 0 Å². The molecule has 0 atom stereocenters. The average Bonchev–Trinajstić information content (AvgIpc) is 2.59. The Labute approximate surface area is 133 Å². The van der Waals surface area contributed by atoms with Crippen LogP contribution in [-0.2, 0) is 32.6 Å². The van der Waals surface area contributed by atoms with Gasteiger partial charge in [0, 0.05) is 0 Å². The zero-order valence-electron chi connectivity index (χ0n) is 9.50. The Bertz CT molecular complexity index is 547. The van der Waals surface area contributed by atoms with Crippen LogP contribution in [0.4, 0.5) is 0 Å². The summed E-state index contributed by atoms with van der Waals surface area (Å²) in [6.45, 7) is 2.20. The van der Waals surface area contributed by atoms with E-state index in [1.807, 2.05) is 0 Å². The van der Waals surface area contributed by atoms with Crippen molar-refractivity contribution >= 4 is 16.8 Å².